The molecular weight excluding hydrogens is 104 g/mol. The van der Waals surface area contributed by atoms with Crippen molar-refractivity contribution in [3.8, 4) is 0 Å². The van der Waals surface area contributed by atoms with Crippen molar-refractivity contribution in [1.82, 2.24) is 0 Å². The van der Waals surface area contributed by atoms with E-state index in [-0.39, 0.29) is 8.31 Å². The van der Waals surface area contributed by atoms with E-state index in [1.807, 2.05) is 0 Å². The molecule has 0 heterocycles. The Hall–Kier alpha value is 0.434. The Bertz CT molecular complexity index is 26.7. The summed E-state index contributed by atoms with van der Waals surface area (Å²) in [6, 6.07) is 1.58. The van der Waals surface area contributed by atoms with Gasteiger partial charge in [0.2, 0.25) is 0 Å². The molecule has 0 aromatic heterocycles. The first-order valence-electron chi connectivity index (χ1n) is 2.77. The van der Waals surface area contributed by atoms with Gasteiger partial charge in [-0.15, -0.1) is 0 Å². The highest BCUT2D eigenvalue weighted by Crippen LogP contribution is 1.89. The van der Waals surface area contributed by atoms with Gasteiger partial charge in [0.25, 0.3) is 0 Å². The predicted molar refractivity (Wildman–Crippen MR) is 38.0 cm³/mol. The van der Waals surface area contributed by atoms with Gasteiger partial charge in [-0.2, -0.15) is 0 Å². The first-order valence-corrected chi connectivity index (χ1v) is 9.36. The molecule has 1 unspecified atom stereocenters. The topological polar surface area (TPSA) is 0 Å². The van der Waals surface area contributed by atoms with Crippen LogP contribution in [0.15, 0.2) is 0 Å². The minimum absolute atomic E-state index is 0.0316. The van der Waals surface area contributed by atoms with Crippen LogP contribution in [0.3, 0.4) is 0 Å². The molecule has 0 rings (SSSR count). The molecule has 0 fully saturated rings. The van der Waals surface area contributed by atoms with E-state index in [2.05, 4.69) is 13.5 Å². The highest BCUT2D eigenvalue weighted by molar-refractivity contribution is 7.02. The van der Waals surface area contributed by atoms with Crippen LogP contribution in [0.1, 0.15) is 13.3 Å². The first kappa shape index (κ1) is 6.43. The molecular formula is C4H14Si2. The van der Waals surface area contributed by atoms with Crippen molar-refractivity contribution in [3.63, 3.8) is 0 Å². The maximum atomic E-state index is 2.45. The summed E-state index contributed by atoms with van der Waals surface area (Å²) in [7, 11) is 1.49. The van der Waals surface area contributed by atoms with E-state index in [4.69, 9.17) is 0 Å². The molecule has 0 amide bonds. The van der Waals surface area contributed by atoms with Crippen LogP contribution in [0.4, 0.5) is 0 Å². The molecule has 0 saturated carbocycles. The third-order valence-corrected chi connectivity index (χ3v) is 4.33. The van der Waals surface area contributed by atoms with Crippen molar-refractivity contribution < 1.29 is 0 Å². The molecule has 0 N–H and O–H groups in total. The molecule has 1 atom stereocenters. The van der Waals surface area contributed by atoms with Crippen LogP contribution in [0.5, 0.6) is 0 Å². The van der Waals surface area contributed by atoms with E-state index < -0.39 is 0 Å². The van der Waals surface area contributed by atoms with Crippen molar-refractivity contribution in [2.24, 2.45) is 0 Å². The van der Waals surface area contributed by atoms with Gasteiger partial charge in [-0.3, -0.25) is 0 Å². The Morgan fingerprint density at radius 3 is 2.17 bits per heavy atom. The van der Waals surface area contributed by atoms with E-state index in [0.717, 1.165) is 0 Å². The van der Waals surface area contributed by atoms with Crippen LogP contribution in [0.25, 0.3) is 0 Å². The summed E-state index contributed by atoms with van der Waals surface area (Å²) < 4.78 is 0. The third kappa shape index (κ3) is 4.43. The lowest BCUT2D eigenvalue weighted by atomic mass is 10.6. The largest absolute Gasteiger partial charge is 0.0746 e. The molecule has 0 aliphatic heterocycles. The Labute approximate surface area is 44.8 Å². The highest BCUT2D eigenvalue weighted by Gasteiger charge is 1.88. The van der Waals surface area contributed by atoms with Crippen LogP contribution in [0, 0.1) is 0 Å². The van der Waals surface area contributed by atoms with Gasteiger partial charge in [-0.25, -0.2) is 0 Å². The lowest BCUT2D eigenvalue weighted by Crippen LogP contribution is -2.03. The standard InChI is InChI=1S/C4H14Si2/c1-3-4-6(2)5/h6H,3-4H2,1-2,5H3. The summed E-state index contributed by atoms with van der Waals surface area (Å²) in [5.74, 6) is 0. The first-order chi connectivity index (χ1) is 2.77. The monoisotopic (exact) mass is 118 g/mol. The second-order valence-corrected chi connectivity index (χ2v) is 11.5. The lowest BCUT2D eigenvalue weighted by Gasteiger charge is -1.93. The summed E-state index contributed by atoms with van der Waals surface area (Å²) >= 11 is 0. The third-order valence-electron chi connectivity index (χ3n) is 0.866. The Balaban J connectivity index is 2.63. The number of hydrogen-bond acceptors (Lipinski definition) is 0. The average Bonchev–Trinajstić information content (AvgIpc) is 1.35. The molecule has 2 heteroatoms. The minimum Gasteiger partial charge on any atom is -0.0746 e. The molecule has 0 aromatic rings. The molecule has 38 valence electrons. The fraction of sp³-hybridized carbons (Fsp3) is 1.00. The summed E-state index contributed by atoms with van der Waals surface area (Å²) in [6.45, 7) is 4.73. The normalized spacial score (nSPS) is 15.0. The van der Waals surface area contributed by atoms with Gasteiger partial charge in [0.15, 0.2) is 0 Å². The van der Waals surface area contributed by atoms with E-state index in [1.54, 1.807) is 6.04 Å². The zero-order valence-electron chi connectivity index (χ0n) is 4.99. The van der Waals surface area contributed by atoms with Gasteiger partial charge in [-0.05, 0) is 9.76 Å². The van der Waals surface area contributed by atoms with Crippen LogP contribution >= 0.6 is 0 Å². The van der Waals surface area contributed by atoms with Crippen LogP contribution in [-0.2, 0) is 0 Å². The van der Waals surface area contributed by atoms with E-state index in [9.17, 15) is 0 Å². The van der Waals surface area contributed by atoms with Crippen molar-refractivity contribution in [2.75, 3.05) is 0 Å². The predicted octanol–water partition coefficient (Wildman–Crippen LogP) is 0.115. The Morgan fingerprint density at radius 2 is 2.17 bits per heavy atom. The van der Waals surface area contributed by atoms with E-state index >= 15 is 0 Å². The zero-order valence-corrected chi connectivity index (χ0v) is 8.15. The summed E-state index contributed by atoms with van der Waals surface area (Å²) in [5.41, 5.74) is 0. The fourth-order valence-corrected chi connectivity index (χ4v) is 3.46. The second kappa shape index (κ2) is 3.62. The molecule has 0 radical (unpaired) electrons. The number of hydrogen-bond donors (Lipinski definition) is 0. The van der Waals surface area contributed by atoms with Gasteiger partial charge in [0.1, 0.15) is 0 Å². The molecule has 0 bridgehead atoms. The van der Waals surface area contributed by atoms with Crippen LogP contribution in [-0.4, -0.2) is 18.1 Å². The van der Waals surface area contributed by atoms with Gasteiger partial charge in [0, 0.05) is 8.31 Å². The summed E-state index contributed by atoms with van der Waals surface area (Å²) in [4.78, 5) is 0. The molecule has 0 aliphatic rings. The smallest absolute Gasteiger partial charge is 0.0171 e. The van der Waals surface area contributed by atoms with Gasteiger partial charge >= 0.3 is 0 Å². The molecule has 0 saturated heterocycles. The summed E-state index contributed by atoms with van der Waals surface area (Å²) in [6.07, 6.45) is 1.43. The molecule has 6 heavy (non-hydrogen) atoms. The van der Waals surface area contributed by atoms with E-state index in [0.29, 0.717) is 0 Å². The molecule has 0 aromatic carbocycles. The van der Waals surface area contributed by atoms with Gasteiger partial charge in [0.05, 0.1) is 0 Å². The van der Waals surface area contributed by atoms with Crippen molar-refractivity contribution in [2.45, 2.75) is 25.9 Å². The fourth-order valence-electron chi connectivity index (χ4n) is 0.577. The number of rotatable bonds is 2. The van der Waals surface area contributed by atoms with E-state index in [1.165, 1.54) is 16.2 Å². The van der Waals surface area contributed by atoms with Crippen molar-refractivity contribution in [3.05, 3.63) is 0 Å². The molecule has 0 spiro atoms. The lowest BCUT2D eigenvalue weighted by molar-refractivity contribution is 1.07. The minimum atomic E-state index is -0.0316. The van der Waals surface area contributed by atoms with Gasteiger partial charge in [-0.1, -0.05) is 25.9 Å². The summed E-state index contributed by atoms with van der Waals surface area (Å²) in [5, 5.41) is 0. The second-order valence-electron chi connectivity index (χ2n) is 2.18. The molecule has 0 nitrogen and oxygen atoms in total. The SMILES string of the molecule is CCC[SiH](C)[SiH3]. The maximum absolute atomic E-state index is 2.45. The van der Waals surface area contributed by atoms with Crippen LogP contribution in [0.2, 0.25) is 12.6 Å². The quantitative estimate of drug-likeness (QED) is 0.452. The Kier molecular flexibility index (Phi) is 3.88. The average molecular weight is 118 g/mol. The zero-order chi connectivity index (χ0) is 4.99. The van der Waals surface area contributed by atoms with Crippen molar-refractivity contribution in [1.29, 1.82) is 0 Å². The molecule has 0 aliphatic carbocycles. The van der Waals surface area contributed by atoms with Gasteiger partial charge < -0.3 is 0 Å². The maximum Gasteiger partial charge on any atom is 0.0171 e. The van der Waals surface area contributed by atoms with Crippen LogP contribution < -0.4 is 0 Å². The highest BCUT2D eigenvalue weighted by atomic mass is 29.1. The van der Waals surface area contributed by atoms with Crippen molar-refractivity contribution >= 4 is 18.1 Å². The Morgan fingerprint density at radius 1 is 1.67 bits per heavy atom.